The second-order valence-electron chi connectivity index (χ2n) is 8.99. The minimum absolute atomic E-state index is 0.0751. The smallest absolute Gasteiger partial charge is 0.416 e. The van der Waals surface area contributed by atoms with Gasteiger partial charge in [0.15, 0.2) is 0 Å². The number of nitrogens with zero attached hydrogens (tertiary/aromatic N) is 1. The number of hydrogen-bond acceptors (Lipinski definition) is 4. The summed E-state index contributed by atoms with van der Waals surface area (Å²) in [6.45, 7) is 0.626. The van der Waals surface area contributed by atoms with Crippen LogP contribution in [0.4, 0.5) is 4.79 Å². The van der Waals surface area contributed by atoms with Crippen molar-refractivity contribution >= 4 is 45.0 Å². The fourth-order valence-corrected chi connectivity index (χ4v) is 6.81. The molecule has 2 aliphatic rings. The van der Waals surface area contributed by atoms with Crippen LogP contribution in [-0.2, 0) is 29.0 Å². The summed E-state index contributed by atoms with van der Waals surface area (Å²) in [5, 5.41) is 0. The van der Waals surface area contributed by atoms with Crippen molar-refractivity contribution in [2.24, 2.45) is 0 Å². The topological polar surface area (TPSA) is 55.8 Å². The Morgan fingerprint density at radius 3 is 2.46 bits per heavy atom. The van der Waals surface area contributed by atoms with Crippen LogP contribution in [0.2, 0.25) is 0 Å². The molecule has 1 atom stereocenters. The number of carbonyl (C=O) groups excluding carboxylic acids is 2. The van der Waals surface area contributed by atoms with Crippen molar-refractivity contribution in [3.8, 4) is 5.75 Å². The molecule has 1 fully saturated rings. The van der Waals surface area contributed by atoms with Crippen LogP contribution in [-0.4, -0.2) is 38.1 Å². The van der Waals surface area contributed by atoms with E-state index in [0.717, 1.165) is 27.8 Å². The van der Waals surface area contributed by atoms with E-state index in [1.165, 1.54) is 4.90 Å². The summed E-state index contributed by atoms with van der Waals surface area (Å²) in [4.78, 5) is 27.2. The first-order valence-electron chi connectivity index (χ1n) is 12.1. The molecule has 0 spiro atoms. The maximum atomic E-state index is 13.4. The Balaban J connectivity index is 1.39. The summed E-state index contributed by atoms with van der Waals surface area (Å²) in [5.74, 6) is 0.406. The number of carbonyl (C=O) groups is 2. The zero-order valence-corrected chi connectivity index (χ0v) is 22.5. The lowest BCUT2D eigenvalue weighted by molar-refractivity contribution is -0.128. The molecule has 3 aromatic rings. The van der Waals surface area contributed by atoms with Gasteiger partial charge in [-0.2, -0.15) is 0 Å². The highest BCUT2D eigenvalue weighted by molar-refractivity contribution is 14.2. The highest BCUT2D eigenvalue weighted by Gasteiger charge is 2.37. The molecule has 0 N–H and O–H groups in total. The minimum atomic E-state index is -1.50. The molecule has 1 saturated heterocycles. The average molecular weight is 605 g/mol. The fourth-order valence-electron chi connectivity index (χ4n) is 4.43. The van der Waals surface area contributed by atoms with E-state index in [9.17, 15) is 9.59 Å². The van der Waals surface area contributed by atoms with E-state index in [-0.39, 0.29) is 25.0 Å². The number of imide groups is 1. The number of halogens is 1. The Hall–Kier alpha value is -3.65. The van der Waals surface area contributed by atoms with Crippen molar-refractivity contribution in [1.82, 2.24) is 4.90 Å². The van der Waals surface area contributed by atoms with Crippen molar-refractivity contribution in [2.75, 3.05) is 6.61 Å². The average Bonchev–Trinajstić information content (AvgIpc) is 3.28. The third-order valence-electron chi connectivity index (χ3n) is 6.22. The maximum absolute atomic E-state index is 13.4. The largest absolute Gasteiger partial charge is 0.489 e. The van der Waals surface area contributed by atoms with Gasteiger partial charge in [-0.1, -0.05) is 83.4 Å². The molecule has 5 rings (SSSR count). The van der Waals surface area contributed by atoms with E-state index < -0.39 is 25.0 Å². The number of benzene rings is 3. The first-order chi connectivity index (χ1) is 18.0. The van der Waals surface area contributed by atoms with Crippen LogP contribution in [0.3, 0.4) is 0 Å². The van der Waals surface area contributed by atoms with E-state index in [1.807, 2.05) is 78.9 Å². The van der Waals surface area contributed by atoms with Crippen LogP contribution in [0.1, 0.15) is 22.3 Å². The molecule has 2 heterocycles. The molecule has 37 heavy (non-hydrogen) atoms. The van der Waals surface area contributed by atoms with Crippen molar-refractivity contribution in [3.63, 3.8) is 0 Å². The highest BCUT2D eigenvalue weighted by atomic mass is 127. The molecule has 0 saturated carbocycles. The summed E-state index contributed by atoms with van der Waals surface area (Å²) in [6, 6.07) is 25.4. The predicted molar refractivity (Wildman–Crippen MR) is 157 cm³/mol. The van der Waals surface area contributed by atoms with Gasteiger partial charge >= 0.3 is 6.09 Å². The first-order valence-corrected chi connectivity index (χ1v) is 16.1. The Morgan fingerprint density at radius 1 is 1.00 bits per heavy atom. The molecule has 0 radical (unpaired) electrons. The van der Waals surface area contributed by atoms with Crippen molar-refractivity contribution in [2.45, 2.75) is 25.5 Å². The van der Waals surface area contributed by atoms with E-state index in [0.29, 0.717) is 18.8 Å². The van der Waals surface area contributed by atoms with E-state index >= 15 is 0 Å². The summed E-state index contributed by atoms with van der Waals surface area (Å²) >= 11 is -1.50. The third kappa shape index (κ3) is 6.38. The van der Waals surface area contributed by atoms with Gasteiger partial charge in [0.2, 0.25) is 5.91 Å². The maximum Gasteiger partial charge on any atom is 0.416 e. The molecule has 0 bridgehead atoms. The van der Waals surface area contributed by atoms with Gasteiger partial charge in [0.1, 0.15) is 19.0 Å². The number of ether oxygens (including phenoxy) is 2. The Bertz CT molecular complexity index is 1440. The van der Waals surface area contributed by atoms with Crippen molar-refractivity contribution in [1.29, 1.82) is 0 Å². The summed E-state index contributed by atoms with van der Waals surface area (Å²) in [6.07, 6.45) is 4.18. The van der Waals surface area contributed by atoms with E-state index in [1.54, 1.807) is 0 Å². The van der Waals surface area contributed by atoms with Gasteiger partial charge < -0.3 is 9.47 Å². The Labute approximate surface area is 223 Å². The van der Waals surface area contributed by atoms with Gasteiger partial charge in [0.25, 0.3) is 0 Å². The highest BCUT2D eigenvalue weighted by Crippen LogP contribution is 2.30. The minimum Gasteiger partial charge on any atom is -0.489 e. The lowest BCUT2D eigenvalue weighted by Crippen LogP contribution is -2.41. The van der Waals surface area contributed by atoms with Crippen LogP contribution in [0.15, 0.2) is 95.1 Å². The molecule has 0 aliphatic carbocycles. The van der Waals surface area contributed by atoms with Gasteiger partial charge in [-0.05, 0) is 54.5 Å². The van der Waals surface area contributed by atoms with Gasteiger partial charge in [-0.15, -0.1) is 18.9 Å². The van der Waals surface area contributed by atoms with Crippen LogP contribution in [0.5, 0.6) is 5.75 Å². The standard InChI is InChI=1S/C31H28INO4/c1-32-14-8-13-26(20-32)27-15-25(17-29(19-27)36-21-24-11-6-3-7-12-24)18-30(34)33-28(22-37-31(33)35)16-23-9-4-2-5-10-23/h2-15,17,19-20,28H,1,16,18,21-22H2/t28-/m1/s1. The molecule has 5 nitrogen and oxygen atoms in total. The molecule has 0 unspecified atom stereocenters. The number of amides is 2. The van der Waals surface area contributed by atoms with Gasteiger partial charge in [-0.25, -0.2) is 9.69 Å². The summed E-state index contributed by atoms with van der Waals surface area (Å²) in [7, 11) is 0. The lowest BCUT2D eigenvalue weighted by Gasteiger charge is -2.20. The van der Waals surface area contributed by atoms with Gasteiger partial charge in [0, 0.05) is 0 Å². The molecular weight excluding hydrogens is 577 g/mol. The fraction of sp³-hybridized carbons (Fsp3) is 0.161. The lowest BCUT2D eigenvalue weighted by atomic mass is 10.0. The molecule has 2 aliphatic heterocycles. The zero-order chi connectivity index (χ0) is 25.6. The third-order valence-corrected chi connectivity index (χ3v) is 9.03. The normalized spacial score (nSPS) is 17.2. The SMILES string of the molecule is C=I1=CC=CC(c2cc(CC(=O)N3C(=O)OC[C@H]3Cc3ccccc3)cc(OCc3ccccc3)c2)=C1. The van der Waals surface area contributed by atoms with E-state index in [2.05, 4.69) is 24.8 Å². The Morgan fingerprint density at radius 2 is 1.73 bits per heavy atom. The molecule has 188 valence electrons. The van der Waals surface area contributed by atoms with E-state index in [4.69, 9.17) is 9.47 Å². The number of cyclic esters (lactones) is 1. The predicted octanol–water partition coefficient (Wildman–Crippen LogP) is 6.05. The van der Waals surface area contributed by atoms with Gasteiger partial charge in [0.05, 0.1) is 12.5 Å². The quantitative estimate of drug-likeness (QED) is 0.294. The summed E-state index contributed by atoms with van der Waals surface area (Å²) in [5.41, 5.74) is 4.98. The zero-order valence-electron chi connectivity index (χ0n) is 20.4. The second kappa shape index (κ2) is 11.6. The van der Waals surface area contributed by atoms with Crippen LogP contribution in [0, 0.1) is 0 Å². The van der Waals surface area contributed by atoms with Crippen LogP contribution < -0.4 is 4.74 Å². The van der Waals surface area contributed by atoms with Crippen LogP contribution >= 0.6 is 18.9 Å². The molecular formula is C31H28INO4. The first kappa shape index (κ1) is 25.0. The molecule has 6 heteroatoms. The summed E-state index contributed by atoms with van der Waals surface area (Å²) < 4.78 is 20.1. The van der Waals surface area contributed by atoms with Crippen molar-refractivity contribution in [3.05, 3.63) is 117 Å². The van der Waals surface area contributed by atoms with Crippen molar-refractivity contribution < 1.29 is 19.1 Å². The molecule has 3 aromatic carbocycles. The Kier molecular flexibility index (Phi) is 7.84. The van der Waals surface area contributed by atoms with Gasteiger partial charge in [-0.3, -0.25) is 4.79 Å². The van der Waals surface area contributed by atoms with Crippen LogP contribution in [0.25, 0.3) is 5.57 Å². The second-order valence-corrected chi connectivity index (χ2v) is 12.8. The number of rotatable bonds is 8. The number of allylic oxidation sites excluding steroid dienone is 3. The number of hydrogen-bond donors (Lipinski definition) is 0. The molecule has 2 amide bonds. The monoisotopic (exact) mass is 605 g/mol. The molecule has 0 aromatic heterocycles.